The first kappa shape index (κ1) is 15.6. The Morgan fingerprint density at radius 1 is 0.786 bits per heavy atom. The molecule has 0 spiro atoms. The molecule has 0 saturated heterocycles. The van der Waals surface area contributed by atoms with Gasteiger partial charge in [-0.3, -0.25) is 0 Å². The normalized spacial score (nSPS) is 7.00. The van der Waals surface area contributed by atoms with Crippen LogP contribution in [0.4, 0.5) is 0 Å². The van der Waals surface area contributed by atoms with Crippen molar-refractivity contribution in [2.75, 3.05) is 14.1 Å². The van der Waals surface area contributed by atoms with Gasteiger partial charge in [-0.05, 0) is 14.1 Å². The van der Waals surface area contributed by atoms with Gasteiger partial charge in [-0.2, -0.15) is 18.2 Å². The van der Waals surface area contributed by atoms with Gasteiger partial charge >= 0.3 is 0 Å². The van der Waals surface area contributed by atoms with Crippen LogP contribution in [0.5, 0.6) is 0 Å². The SMILES string of the molecule is CNC.[Fe].[cH-]1[cH-][cH-][cH-][cH-]1.c1cc[cH-]c1. The molecule has 0 amide bonds. The van der Waals surface area contributed by atoms with Crippen LogP contribution in [0.3, 0.4) is 0 Å². The molecular weight excluding hydrogens is 214 g/mol. The number of hydrogen-bond donors (Lipinski definition) is 1. The maximum Gasteiger partial charge on any atom is 0 e. The number of hydrogen-bond acceptors (Lipinski definition) is 1. The van der Waals surface area contributed by atoms with E-state index in [1.165, 1.54) is 0 Å². The summed E-state index contributed by atoms with van der Waals surface area (Å²) in [4.78, 5) is 0. The zero-order valence-electron chi connectivity index (χ0n) is 8.63. The fraction of sp³-hybridized carbons (Fsp3) is 0.167. The van der Waals surface area contributed by atoms with E-state index < -0.39 is 0 Å². The van der Waals surface area contributed by atoms with Crippen molar-refractivity contribution in [3.8, 4) is 0 Å². The van der Waals surface area contributed by atoms with Crippen LogP contribution in [0.25, 0.3) is 0 Å². The molecule has 2 aromatic carbocycles. The van der Waals surface area contributed by atoms with Crippen LogP contribution in [-0.4, -0.2) is 14.1 Å². The monoisotopic (exact) mass is 231 g/mol. The van der Waals surface area contributed by atoms with Gasteiger partial charge < -0.3 is 35.6 Å². The molecule has 1 nitrogen and oxygen atoms in total. The largest absolute Gasteiger partial charge is 0.748 e. The topological polar surface area (TPSA) is 12.0 Å². The first-order chi connectivity index (χ1) is 6.41. The minimum atomic E-state index is 0. The average Bonchev–Trinajstić information content (AvgIpc) is 2.85. The minimum absolute atomic E-state index is 0. The molecule has 0 aromatic heterocycles. The Labute approximate surface area is 97.4 Å². The van der Waals surface area contributed by atoms with Crippen molar-refractivity contribution >= 4 is 0 Å². The van der Waals surface area contributed by atoms with Crippen molar-refractivity contribution in [1.29, 1.82) is 0 Å². The van der Waals surface area contributed by atoms with Crippen molar-refractivity contribution in [3.05, 3.63) is 60.7 Å². The third-order valence-electron chi connectivity index (χ3n) is 1.11. The van der Waals surface area contributed by atoms with Crippen molar-refractivity contribution in [2.45, 2.75) is 0 Å². The Kier molecular flexibility index (Phi) is 16.4. The van der Waals surface area contributed by atoms with Gasteiger partial charge in [-0.15, -0.1) is 0 Å². The van der Waals surface area contributed by atoms with Crippen LogP contribution < -0.4 is 5.32 Å². The van der Waals surface area contributed by atoms with Gasteiger partial charge in [0.15, 0.2) is 0 Å². The molecule has 84 valence electrons. The first-order valence-corrected chi connectivity index (χ1v) is 4.33. The summed E-state index contributed by atoms with van der Waals surface area (Å²) in [7, 11) is 3.75. The summed E-state index contributed by atoms with van der Waals surface area (Å²) in [6.07, 6.45) is 0. The van der Waals surface area contributed by atoms with Gasteiger partial charge in [-0.1, -0.05) is 0 Å². The van der Waals surface area contributed by atoms with Gasteiger partial charge in [0.25, 0.3) is 0 Å². The fourth-order valence-electron chi connectivity index (χ4n) is 0.642. The molecule has 0 aliphatic rings. The van der Waals surface area contributed by atoms with Crippen LogP contribution in [0.2, 0.25) is 0 Å². The molecule has 0 bridgehead atoms. The van der Waals surface area contributed by atoms with E-state index in [1.807, 2.05) is 74.8 Å². The predicted molar refractivity (Wildman–Crippen MR) is 59.1 cm³/mol. The first-order valence-electron chi connectivity index (χ1n) is 4.33. The molecule has 0 heterocycles. The predicted octanol–water partition coefficient (Wildman–Crippen LogP) is 2.64. The van der Waals surface area contributed by atoms with Crippen molar-refractivity contribution < 1.29 is 17.1 Å². The smallest absolute Gasteiger partial charge is 0 e. The maximum atomic E-state index is 2.75. The van der Waals surface area contributed by atoms with E-state index in [0.717, 1.165) is 0 Å². The summed E-state index contributed by atoms with van der Waals surface area (Å²) in [6, 6.07) is 20.0. The molecular formula is C12H17FeN-6. The molecule has 0 aliphatic carbocycles. The van der Waals surface area contributed by atoms with Gasteiger partial charge in [0, 0.05) is 17.1 Å². The molecule has 0 atom stereocenters. The van der Waals surface area contributed by atoms with E-state index in [1.54, 1.807) is 0 Å². The van der Waals surface area contributed by atoms with Crippen molar-refractivity contribution in [2.24, 2.45) is 0 Å². The molecule has 2 rings (SSSR count). The van der Waals surface area contributed by atoms with E-state index in [9.17, 15) is 0 Å². The van der Waals surface area contributed by atoms with E-state index in [2.05, 4.69) is 5.32 Å². The summed E-state index contributed by atoms with van der Waals surface area (Å²) in [5.41, 5.74) is 0. The van der Waals surface area contributed by atoms with Gasteiger partial charge in [0.1, 0.15) is 0 Å². The summed E-state index contributed by atoms with van der Waals surface area (Å²) in [6.45, 7) is 0. The molecule has 2 heteroatoms. The van der Waals surface area contributed by atoms with Crippen LogP contribution in [0.1, 0.15) is 0 Å². The zero-order chi connectivity index (χ0) is 9.78. The molecule has 0 aliphatic heterocycles. The van der Waals surface area contributed by atoms with E-state index in [4.69, 9.17) is 0 Å². The summed E-state index contributed by atoms with van der Waals surface area (Å²) in [5, 5.41) is 2.75. The van der Waals surface area contributed by atoms with Crippen molar-refractivity contribution in [1.82, 2.24) is 5.32 Å². The minimum Gasteiger partial charge on any atom is -0.748 e. The van der Waals surface area contributed by atoms with Crippen molar-refractivity contribution in [3.63, 3.8) is 0 Å². The van der Waals surface area contributed by atoms with Gasteiger partial charge in [0.05, 0.1) is 0 Å². The van der Waals surface area contributed by atoms with Gasteiger partial charge in [0.2, 0.25) is 0 Å². The molecule has 0 fully saturated rings. The maximum absolute atomic E-state index is 2.75. The summed E-state index contributed by atoms with van der Waals surface area (Å²) >= 11 is 0. The Morgan fingerprint density at radius 2 is 1.07 bits per heavy atom. The van der Waals surface area contributed by atoms with Crippen LogP contribution in [0.15, 0.2) is 60.7 Å². The van der Waals surface area contributed by atoms with Crippen LogP contribution >= 0.6 is 0 Å². The molecule has 0 unspecified atom stereocenters. The second kappa shape index (κ2) is 14.7. The molecule has 2 aromatic rings. The number of rotatable bonds is 0. The second-order valence-corrected chi connectivity index (χ2v) is 2.42. The zero-order valence-corrected chi connectivity index (χ0v) is 9.73. The molecule has 0 radical (unpaired) electrons. The third kappa shape index (κ3) is 13.7. The van der Waals surface area contributed by atoms with E-state index in [0.29, 0.717) is 0 Å². The quantitative estimate of drug-likeness (QED) is 0.543. The summed E-state index contributed by atoms with van der Waals surface area (Å²) < 4.78 is 0. The summed E-state index contributed by atoms with van der Waals surface area (Å²) in [5.74, 6) is 0. The second-order valence-electron chi connectivity index (χ2n) is 2.42. The fourth-order valence-corrected chi connectivity index (χ4v) is 0.642. The van der Waals surface area contributed by atoms with Gasteiger partial charge in [-0.25, -0.2) is 12.1 Å². The molecule has 1 N–H and O–H groups in total. The molecule has 14 heavy (non-hydrogen) atoms. The van der Waals surface area contributed by atoms with Crippen LogP contribution in [-0.2, 0) is 17.1 Å². The Morgan fingerprint density at radius 3 is 1.21 bits per heavy atom. The third-order valence-corrected chi connectivity index (χ3v) is 1.11. The Balaban J connectivity index is 0. The molecule has 0 saturated carbocycles. The standard InChI is InChI=1S/2C5H5.C2H7N.Fe/c2*1-2-4-5-3-1;1-3-2;/h2*1-5H;3H,1-2H3;/q-5;-1;;. The van der Waals surface area contributed by atoms with Crippen LogP contribution in [0, 0.1) is 0 Å². The average molecular weight is 231 g/mol. The number of nitrogens with one attached hydrogen (secondary N) is 1. The van der Waals surface area contributed by atoms with E-state index >= 15 is 0 Å². The Bertz CT molecular complexity index is 162. The van der Waals surface area contributed by atoms with E-state index in [-0.39, 0.29) is 17.1 Å². The Hall–Kier alpha value is -0.821.